The topological polar surface area (TPSA) is 28.2 Å². The molecule has 118 valence electrons. The molecule has 0 radical (unpaired) electrons. The van der Waals surface area contributed by atoms with Crippen LogP contribution in [-0.2, 0) is 6.54 Å². The molecule has 0 spiro atoms. The van der Waals surface area contributed by atoms with Gasteiger partial charge in [0.15, 0.2) is 0 Å². The van der Waals surface area contributed by atoms with Gasteiger partial charge in [0.1, 0.15) is 5.82 Å². The van der Waals surface area contributed by atoms with Gasteiger partial charge in [-0.3, -0.25) is 0 Å². The molecular weight excluding hydrogens is 258 g/mol. The Morgan fingerprint density at radius 1 is 1.29 bits per heavy atom. The molecule has 0 bridgehead atoms. The van der Waals surface area contributed by atoms with E-state index in [0.29, 0.717) is 12.1 Å². The Kier molecular flexibility index (Phi) is 5.26. The van der Waals surface area contributed by atoms with Gasteiger partial charge in [0, 0.05) is 30.9 Å². The minimum atomic E-state index is 0.510. The highest BCUT2D eigenvalue weighted by Gasteiger charge is 2.29. The predicted molar refractivity (Wildman–Crippen MR) is 90.7 cm³/mol. The van der Waals surface area contributed by atoms with Crippen LogP contribution in [0.15, 0.2) is 12.1 Å². The predicted octanol–water partition coefficient (Wildman–Crippen LogP) is 3.76. The van der Waals surface area contributed by atoms with Gasteiger partial charge in [0.25, 0.3) is 0 Å². The maximum Gasteiger partial charge on any atom is 0.129 e. The molecule has 3 unspecified atom stereocenters. The van der Waals surface area contributed by atoms with E-state index in [4.69, 9.17) is 4.98 Å². The van der Waals surface area contributed by atoms with E-state index < -0.39 is 0 Å². The smallest absolute Gasteiger partial charge is 0.129 e. The van der Waals surface area contributed by atoms with E-state index in [0.717, 1.165) is 36.4 Å². The summed E-state index contributed by atoms with van der Waals surface area (Å²) in [6.45, 7) is 15.6. The zero-order valence-electron chi connectivity index (χ0n) is 14.5. The van der Waals surface area contributed by atoms with Crippen LogP contribution in [0.4, 0.5) is 5.82 Å². The minimum Gasteiger partial charge on any atom is -0.353 e. The van der Waals surface area contributed by atoms with Crippen molar-refractivity contribution in [2.75, 3.05) is 11.4 Å². The number of aromatic nitrogens is 1. The van der Waals surface area contributed by atoms with Crippen LogP contribution >= 0.6 is 0 Å². The number of nitrogens with zero attached hydrogens (tertiary/aromatic N) is 2. The number of aryl methyl sites for hydroxylation is 1. The van der Waals surface area contributed by atoms with Crippen molar-refractivity contribution in [2.24, 2.45) is 11.8 Å². The number of nitrogens with one attached hydrogen (secondary N) is 1. The van der Waals surface area contributed by atoms with Crippen molar-refractivity contribution < 1.29 is 0 Å². The summed E-state index contributed by atoms with van der Waals surface area (Å²) >= 11 is 0. The molecule has 1 saturated heterocycles. The van der Waals surface area contributed by atoms with Gasteiger partial charge in [-0.1, -0.05) is 27.7 Å². The summed E-state index contributed by atoms with van der Waals surface area (Å²) in [7, 11) is 0. The number of piperidine rings is 1. The third-order valence-corrected chi connectivity index (χ3v) is 4.61. The van der Waals surface area contributed by atoms with Crippen LogP contribution in [0.1, 0.15) is 52.3 Å². The largest absolute Gasteiger partial charge is 0.353 e. The van der Waals surface area contributed by atoms with E-state index in [1.807, 2.05) is 0 Å². The highest BCUT2D eigenvalue weighted by Crippen LogP contribution is 2.30. The van der Waals surface area contributed by atoms with E-state index in [2.05, 4.69) is 63.9 Å². The average molecular weight is 289 g/mol. The summed E-state index contributed by atoms with van der Waals surface area (Å²) < 4.78 is 0. The molecule has 1 aromatic heterocycles. The molecule has 21 heavy (non-hydrogen) atoms. The van der Waals surface area contributed by atoms with Crippen LogP contribution in [0, 0.1) is 18.8 Å². The average Bonchev–Trinajstić information content (AvgIpc) is 2.40. The standard InChI is InChI=1S/C18H31N3/c1-12(2)19-10-17-8-15(5)20-18(9-17)21-11-13(3)7-14(4)16(21)6/h8-9,12-14,16,19H,7,10-11H2,1-6H3. The Morgan fingerprint density at radius 2 is 2.00 bits per heavy atom. The number of hydrogen-bond acceptors (Lipinski definition) is 3. The van der Waals surface area contributed by atoms with Crippen molar-refractivity contribution in [2.45, 2.75) is 66.6 Å². The lowest BCUT2D eigenvalue weighted by Gasteiger charge is -2.42. The molecule has 2 rings (SSSR count). The molecule has 3 heteroatoms. The molecule has 0 amide bonds. The van der Waals surface area contributed by atoms with Gasteiger partial charge in [0.05, 0.1) is 0 Å². The monoisotopic (exact) mass is 289 g/mol. The molecule has 3 atom stereocenters. The molecule has 1 fully saturated rings. The van der Waals surface area contributed by atoms with Gasteiger partial charge in [-0.25, -0.2) is 4.98 Å². The Labute approximate surface area is 130 Å². The first-order valence-electron chi connectivity index (χ1n) is 8.34. The molecule has 0 aliphatic carbocycles. The lowest BCUT2D eigenvalue weighted by atomic mass is 9.86. The van der Waals surface area contributed by atoms with Gasteiger partial charge in [-0.15, -0.1) is 0 Å². The van der Waals surface area contributed by atoms with E-state index >= 15 is 0 Å². The van der Waals surface area contributed by atoms with Crippen LogP contribution in [0.25, 0.3) is 0 Å². The van der Waals surface area contributed by atoms with Crippen LogP contribution in [0.2, 0.25) is 0 Å². The molecular formula is C18H31N3. The summed E-state index contributed by atoms with van der Waals surface area (Å²) in [6.07, 6.45) is 1.32. The number of rotatable bonds is 4. The highest BCUT2D eigenvalue weighted by molar-refractivity contribution is 5.44. The molecule has 3 nitrogen and oxygen atoms in total. The van der Waals surface area contributed by atoms with Crippen LogP contribution < -0.4 is 10.2 Å². The first-order chi connectivity index (χ1) is 9.86. The van der Waals surface area contributed by atoms with Gasteiger partial charge >= 0.3 is 0 Å². The maximum absolute atomic E-state index is 4.80. The summed E-state index contributed by atoms with van der Waals surface area (Å²) in [6, 6.07) is 5.54. The highest BCUT2D eigenvalue weighted by atomic mass is 15.2. The Hall–Kier alpha value is -1.09. The van der Waals surface area contributed by atoms with E-state index in [1.165, 1.54) is 12.0 Å². The van der Waals surface area contributed by atoms with Gasteiger partial charge in [-0.2, -0.15) is 0 Å². The lowest BCUT2D eigenvalue weighted by molar-refractivity contribution is 0.295. The second-order valence-electron chi connectivity index (χ2n) is 7.22. The normalized spacial score (nSPS) is 26.4. The number of hydrogen-bond donors (Lipinski definition) is 1. The quantitative estimate of drug-likeness (QED) is 0.915. The summed E-state index contributed by atoms with van der Waals surface area (Å²) in [4.78, 5) is 7.31. The fourth-order valence-electron chi connectivity index (χ4n) is 3.31. The molecule has 1 aliphatic heterocycles. The second-order valence-corrected chi connectivity index (χ2v) is 7.22. The van der Waals surface area contributed by atoms with Crippen molar-refractivity contribution in [1.29, 1.82) is 0 Å². The summed E-state index contributed by atoms with van der Waals surface area (Å²) in [5, 5.41) is 3.50. The van der Waals surface area contributed by atoms with Gasteiger partial charge < -0.3 is 10.2 Å². The first kappa shape index (κ1) is 16.3. The van der Waals surface area contributed by atoms with Crippen molar-refractivity contribution in [3.05, 3.63) is 23.4 Å². The summed E-state index contributed by atoms with van der Waals surface area (Å²) in [5.74, 6) is 2.63. The summed E-state index contributed by atoms with van der Waals surface area (Å²) in [5.41, 5.74) is 2.45. The van der Waals surface area contributed by atoms with Crippen LogP contribution in [-0.4, -0.2) is 23.6 Å². The Bertz CT molecular complexity index is 470. The Morgan fingerprint density at radius 3 is 2.67 bits per heavy atom. The minimum absolute atomic E-state index is 0.510. The number of anilines is 1. The second kappa shape index (κ2) is 6.78. The lowest BCUT2D eigenvalue weighted by Crippen LogP contribution is -2.46. The van der Waals surface area contributed by atoms with E-state index in [9.17, 15) is 0 Å². The molecule has 2 heterocycles. The van der Waals surface area contributed by atoms with Gasteiger partial charge in [-0.05, 0) is 49.8 Å². The van der Waals surface area contributed by atoms with Crippen molar-refractivity contribution in [3.8, 4) is 0 Å². The zero-order valence-corrected chi connectivity index (χ0v) is 14.5. The van der Waals surface area contributed by atoms with Gasteiger partial charge in [0.2, 0.25) is 0 Å². The molecule has 0 saturated carbocycles. The fraction of sp³-hybridized carbons (Fsp3) is 0.722. The SMILES string of the molecule is Cc1cc(CNC(C)C)cc(N2CC(C)CC(C)C2C)n1. The first-order valence-corrected chi connectivity index (χ1v) is 8.34. The molecule has 1 N–H and O–H groups in total. The van der Waals surface area contributed by atoms with Crippen LogP contribution in [0.5, 0.6) is 0 Å². The van der Waals surface area contributed by atoms with E-state index in [1.54, 1.807) is 0 Å². The Balaban J connectivity index is 2.21. The number of pyridine rings is 1. The third-order valence-electron chi connectivity index (χ3n) is 4.61. The van der Waals surface area contributed by atoms with Crippen molar-refractivity contribution >= 4 is 5.82 Å². The van der Waals surface area contributed by atoms with Crippen molar-refractivity contribution in [3.63, 3.8) is 0 Å². The fourth-order valence-corrected chi connectivity index (χ4v) is 3.31. The van der Waals surface area contributed by atoms with Crippen molar-refractivity contribution in [1.82, 2.24) is 10.3 Å². The third kappa shape index (κ3) is 4.19. The van der Waals surface area contributed by atoms with E-state index in [-0.39, 0.29) is 0 Å². The molecule has 1 aromatic rings. The maximum atomic E-state index is 4.80. The molecule has 1 aliphatic rings. The zero-order chi connectivity index (χ0) is 15.6. The van der Waals surface area contributed by atoms with Crippen LogP contribution in [0.3, 0.4) is 0 Å². The molecule has 0 aromatic carbocycles.